The van der Waals surface area contributed by atoms with Gasteiger partial charge in [0.1, 0.15) is 6.54 Å². The van der Waals surface area contributed by atoms with Crippen molar-refractivity contribution in [1.29, 1.82) is 0 Å². The van der Waals surface area contributed by atoms with Gasteiger partial charge in [-0.1, -0.05) is 12.1 Å². The number of Topliss-reactive ketones (excluding diaryl/α,β-unsaturated/α-hetero) is 2. The molecule has 30 heavy (non-hydrogen) atoms. The van der Waals surface area contributed by atoms with Gasteiger partial charge in [0, 0.05) is 11.3 Å². The highest BCUT2D eigenvalue weighted by Gasteiger charge is 2.34. The van der Waals surface area contributed by atoms with Crippen molar-refractivity contribution < 1.29 is 32.5 Å². The lowest BCUT2D eigenvalue weighted by molar-refractivity contribution is -0.881. The van der Waals surface area contributed by atoms with E-state index in [0.29, 0.717) is 34.0 Å². The van der Waals surface area contributed by atoms with Crippen LogP contribution in [0, 0.1) is 13.8 Å². The molecule has 2 rings (SSSR count). The first-order chi connectivity index (χ1) is 14.0. The predicted molar refractivity (Wildman–Crippen MR) is 106 cm³/mol. The number of ketones is 2. The maximum Gasteiger partial charge on any atom is 0.418 e. The Bertz CT molecular complexity index is 964. The highest BCUT2D eigenvalue weighted by atomic mass is 19.4. The van der Waals surface area contributed by atoms with Gasteiger partial charge < -0.3 is 15.2 Å². The van der Waals surface area contributed by atoms with Gasteiger partial charge >= 0.3 is 6.18 Å². The van der Waals surface area contributed by atoms with Crippen LogP contribution >= 0.6 is 0 Å². The number of aromatic nitrogens is 1. The van der Waals surface area contributed by atoms with E-state index in [2.05, 4.69) is 10.3 Å². The molecule has 0 fully saturated rings. The van der Waals surface area contributed by atoms with Gasteiger partial charge in [-0.3, -0.25) is 14.4 Å². The number of H-pyrrole nitrogens is 1. The molecule has 0 aliphatic rings. The first-order valence-corrected chi connectivity index (χ1v) is 9.48. The average molecular weight is 424 g/mol. The number of hydrogen-bond donors (Lipinski definition) is 3. The minimum absolute atomic E-state index is 0.0387. The number of amides is 1. The van der Waals surface area contributed by atoms with Crippen LogP contribution in [-0.2, 0) is 11.0 Å². The number of rotatable bonds is 8. The molecule has 1 unspecified atom stereocenters. The number of aromatic amines is 1. The van der Waals surface area contributed by atoms with Crippen LogP contribution in [0.3, 0.4) is 0 Å². The Balaban J connectivity index is 2.10. The van der Waals surface area contributed by atoms with Crippen molar-refractivity contribution in [3.8, 4) is 0 Å². The maximum atomic E-state index is 13.1. The molecule has 0 radical (unpaired) electrons. The molecule has 0 aliphatic heterocycles. The molecular weight excluding hydrogens is 399 g/mol. The summed E-state index contributed by atoms with van der Waals surface area (Å²) in [6.07, 6.45) is -4.59. The predicted octanol–water partition coefficient (Wildman–Crippen LogP) is 2.58. The topological polar surface area (TPSA) is 83.5 Å². The summed E-state index contributed by atoms with van der Waals surface area (Å²) in [7, 11) is 0. The van der Waals surface area contributed by atoms with Crippen LogP contribution in [0.25, 0.3) is 0 Å². The van der Waals surface area contributed by atoms with Crippen LogP contribution in [0.2, 0.25) is 0 Å². The Morgan fingerprint density at radius 2 is 1.73 bits per heavy atom. The summed E-state index contributed by atoms with van der Waals surface area (Å²) < 4.78 is 39.3. The van der Waals surface area contributed by atoms with E-state index in [1.807, 2.05) is 0 Å². The lowest BCUT2D eigenvalue weighted by Crippen LogP contribution is -3.13. The van der Waals surface area contributed by atoms with E-state index in [4.69, 9.17) is 0 Å². The van der Waals surface area contributed by atoms with E-state index >= 15 is 0 Å². The number of aryl methyl sites for hydroxylation is 1. The summed E-state index contributed by atoms with van der Waals surface area (Å²) in [5.41, 5.74) is 0.691. The summed E-state index contributed by atoms with van der Waals surface area (Å²) in [5.74, 6) is -1.05. The van der Waals surface area contributed by atoms with Crippen molar-refractivity contribution in [1.82, 2.24) is 4.98 Å². The molecule has 162 valence electrons. The van der Waals surface area contributed by atoms with Gasteiger partial charge in [0.15, 0.2) is 12.3 Å². The molecule has 3 N–H and O–H groups in total. The average Bonchev–Trinajstić information content (AvgIpc) is 2.95. The molecule has 1 heterocycles. The van der Waals surface area contributed by atoms with E-state index in [1.165, 1.54) is 25.1 Å². The Hall–Kier alpha value is -2.94. The van der Waals surface area contributed by atoms with Crippen molar-refractivity contribution in [3.05, 3.63) is 52.3 Å². The number of para-hydroxylation sites is 1. The first kappa shape index (κ1) is 23.3. The fraction of sp³-hybridized carbons (Fsp3) is 0.381. The van der Waals surface area contributed by atoms with Crippen LogP contribution < -0.4 is 10.2 Å². The second-order valence-corrected chi connectivity index (χ2v) is 7.15. The zero-order valence-corrected chi connectivity index (χ0v) is 17.3. The summed E-state index contributed by atoms with van der Waals surface area (Å²) in [6.45, 7) is 6.78. The van der Waals surface area contributed by atoms with Gasteiger partial charge in [0.25, 0.3) is 5.91 Å². The van der Waals surface area contributed by atoms with Gasteiger partial charge in [-0.2, -0.15) is 13.2 Å². The number of carbonyl (C=O) groups is 3. The largest absolute Gasteiger partial charge is 0.418 e. The third-order valence-electron chi connectivity index (χ3n) is 4.90. The van der Waals surface area contributed by atoms with Crippen LogP contribution in [0.5, 0.6) is 0 Å². The molecule has 6 nitrogen and oxygen atoms in total. The minimum atomic E-state index is -4.59. The monoisotopic (exact) mass is 424 g/mol. The second kappa shape index (κ2) is 9.25. The molecule has 0 saturated heterocycles. The molecule has 0 saturated carbocycles. The minimum Gasteiger partial charge on any atom is -0.355 e. The zero-order chi connectivity index (χ0) is 22.6. The summed E-state index contributed by atoms with van der Waals surface area (Å²) >= 11 is 0. The van der Waals surface area contributed by atoms with Gasteiger partial charge in [-0.15, -0.1) is 0 Å². The van der Waals surface area contributed by atoms with Crippen LogP contribution in [-0.4, -0.2) is 42.1 Å². The number of halogens is 3. The summed E-state index contributed by atoms with van der Waals surface area (Å²) in [6, 6.07) is 4.73. The van der Waals surface area contributed by atoms with E-state index < -0.39 is 17.6 Å². The number of benzene rings is 1. The molecule has 0 spiro atoms. The van der Waals surface area contributed by atoms with Crippen molar-refractivity contribution in [2.75, 3.05) is 25.0 Å². The van der Waals surface area contributed by atoms with E-state index in [-0.39, 0.29) is 30.3 Å². The molecule has 1 amide bonds. The lowest BCUT2D eigenvalue weighted by Gasteiger charge is -2.18. The van der Waals surface area contributed by atoms with E-state index in [1.54, 1.807) is 20.8 Å². The SMILES string of the molecule is CC[NH+](CC(=O)Nc1ccccc1C(F)(F)F)CC(=O)c1[nH]c(C)c(C(C)=O)c1C. The number of hydrogen-bond acceptors (Lipinski definition) is 3. The van der Waals surface area contributed by atoms with Crippen LogP contribution in [0.15, 0.2) is 24.3 Å². The number of alkyl halides is 3. The molecule has 0 aliphatic carbocycles. The molecule has 1 aromatic carbocycles. The van der Waals surface area contributed by atoms with Gasteiger partial charge in [-0.05, 0) is 45.4 Å². The summed E-state index contributed by atoms with van der Waals surface area (Å²) in [4.78, 5) is 40.3. The first-order valence-electron chi connectivity index (χ1n) is 9.48. The third kappa shape index (κ3) is 5.35. The molecule has 1 atom stereocenters. The molecule has 0 bridgehead atoms. The van der Waals surface area contributed by atoms with Crippen molar-refractivity contribution in [3.63, 3.8) is 0 Å². The normalized spacial score (nSPS) is 12.5. The summed E-state index contributed by atoms with van der Waals surface area (Å²) in [5, 5.41) is 2.29. The highest BCUT2D eigenvalue weighted by molar-refractivity contribution is 6.03. The number of anilines is 1. The van der Waals surface area contributed by atoms with Crippen molar-refractivity contribution in [2.24, 2.45) is 0 Å². The molecule has 2 aromatic rings. The number of likely N-dealkylation sites (N-methyl/N-ethyl adjacent to an activating group) is 1. The molecular formula is C21H25F3N3O3+. The van der Waals surface area contributed by atoms with Crippen molar-refractivity contribution in [2.45, 2.75) is 33.9 Å². The van der Waals surface area contributed by atoms with Crippen LogP contribution in [0.4, 0.5) is 18.9 Å². The Morgan fingerprint density at radius 1 is 1.10 bits per heavy atom. The van der Waals surface area contributed by atoms with E-state index in [0.717, 1.165) is 6.07 Å². The number of quaternary nitrogens is 1. The maximum absolute atomic E-state index is 13.1. The number of nitrogens with one attached hydrogen (secondary N) is 3. The quantitative estimate of drug-likeness (QED) is 0.570. The molecule has 9 heteroatoms. The number of carbonyl (C=O) groups excluding carboxylic acids is 3. The Morgan fingerprint density at radius 3 is 2.27 bits per heavy atom. The fourth-order valence-corrected chi connectivity index (χ4v) is 3.45. The highest BCUT2D eigenvalue weighted by Crippen LogP contribution is 2.34. The second-order valence-electron chi connectivity index (χ2n) is 7.15. The van der Waals surface area contributed by atoms with Gasteiger partial charge in [-0.25, -0.2) is 0 Å². The van der Waals surface area contributed by atoms with Gasteiger partial charge in [0.05, 0.1) is 23.5 Å². The van der Waals surface area contributed by atoms with Crippen molar-refractivity contribution >= 4 is 23.2 Å². The molecule has 1 aromatic heterocycles. The standard InChI is InChI=1S/C21H24F3N3O3/c1-5-27(10-17(29)20-12(2)19(14(4)28)13(3)25-20)11-18(30)26-16-9-7-6-8-15(16)21(22,23)24/h6-9,25H,5,10-11H2,1-4H3,(H,26,30)/p+1. The fourth-order valence-electron chi connectivity index (χ4n) is 3.45. The lowest BCUT2D eigenvalue weighted by atomic mass is 10.1. The smallest absolute Gasteiger partial charge is 0.355 e. The van der Waals surface area contributed by atoms with Gasteiger partial charge in [0.2, 0.25) is 5.78 Å². The Labute approximate surface area is 172 Å². The zero-order valence-electron chi connectivity index (χ0n) is 17.3. The third-order valence-corrected chi connectivity index (χ3v) is 4.90. The van der Waals surface area contributed by atoms with Crippen LogP contribution in [0.1, 0.15) is 51.5 Å². The Kier molecular flexibility index (Phi) is 7.20. The van der Waals surface area contributed by atoms with E-state index in [9.17, 15) is 27.6 Å².